The molecule has 2 fully saturated rings. The molecule has 0 bridgehead atoms. The fourth-order valence-corrected chi connectivity index (χ4v) is 5.46. The van der Waals surface area contributed by atoms with Gasteiger partial charge in [-0.2, -0.15) is 0 Å². The summed E-state index contributed by atoms with van der Waals surface area (Å²) in [7, 11) is 7.02. The van der Waals surface area contributed by atoms with Gasteiger partial charge in [0.15, 0.2) is 0 Å². The zero-order chi connectivity index (χ0) is 26.1. The van der Waals surface area contributed by atoms with Crippen LogP contribution >= 0.6 is 0 Å². The first kappa shape index (κ1) is 25.2. The first-order valence-electron chi connectivity index (χ1n) is 12.8. The van der Waals surface area contributed by atoms with Gasteiger partial charge in [0.05, 0.1) is 25.2 Å². The van der Waals surface area contributed by atoms with Gasteiger partial charge in [0.2, 0.25) is 5.91 Å². The predicted molar refractivity (Wildman–Crippen MR) is 143 cm³/mol. The fourth-order valence-electron chi connectivity index (χ4n) is 5.46. The second kappa shape index (κ2) is 10.5. The van der Waals surface area contributed by atoms with Crippen molar-refractivity contribution in [3.63, 3.8) is 0 Å². The highest BCUT2D eigenvalue weighted by molar-refractivity contribution is 5.95. The Bertz CT molecular complexity index is 1340. The molecule has 2 aromatic heterocycles. The number of nitrogens with one attached hydrogen (secondary N) is 1. The Morgan fingerprint density at radius 1 is 1.11 bits per heavy atom. The molecular formula is C28H35N5O4. The van der Waals surface area contributed by atoms with Gasteiger partial charge in [0, 0.05) is 69.8 Å². The number of pyridine rings is 2. The zero-order valence-electron chi connectivity index (χ0n) is 22.0. The molecule has 3 heterocycles. The maximum absolute atomic E-state index is 12.8. The van der Waals surface area contributed by atoms with Crippen molar-refractivity contribution in [3.8, 4) is 22.6 Å². The number of carbonyl (C=O) groups excluding carboxylic acids is 1. The topological polar surface area (TPSA) is 88.9 Å². The molecule has 3 aromatic rings. The normalized spacial score (nSPS) is 19.7. The maximum atomic E-state index is 12.8. The van der Waals surface area contributed by atoms with E-state index in [1.54, 1.807) is 38.2 Å². The van der Waals surface area contributed by atoms with Gasteiger partial charge in [-0.25, -0.2) is 0 Å². The molecule has 2 unspecified atom stereocenters. The summed E-state index contributed by atoms with van der Waals surface area (Å²) in [4.78, 5) is 34.0. The number of aromatic nitrogens is 2. The van der Waals surface area contributed by atoms with Crippen LogP contribution in [-0.2, 0) is 18.4 Å². The van der Waals surface area contributed by atoms with Crippen LogP contribution in [0.3, 0.4) is 0 Å². The van der Waals surface area contributed by atoms with Gasteiger partial charge in [0.1, 0.15) is 11.5 Å². The molecule has 1 aliphatic carbocycles. The number of amides is 1. The van der Waals surface area contributed by atoms with E-state index in [1.807, 2.05) is 36.3 Å². The summed E-state index contributed by atoms with van der Waals surface area (Å²) in [6, 6.07) is 5.88. The number of nitrogens with zero attached hydrogens (tertiary/aromatic N) is 4. The minimum Gasteiger partial charge on any atom is -0.496 e. The van der Waals surface area contributed by atoms with Crippen molar-refractivity contribution in [2.45, 2.75) is 13.0 Å². The Kier molecular flexibility index (Phi) is 7.17. The third kappa shape index (κ3) is 4.93. The van der Waals surface area contributed by atoms with E-state index in [9.17, 15) is 9.59 Å². The number of piperazine rings is 1. The third-order valence-corrected chi connectivity index (χ3v) is 7.68. The van der Waals surface area contributed by atoms with Crippen molar-refractivity contribution >= 4 is 16.7 Å². The Hall–Kier alpha value is -3.43. The molecule has 1 N–H and O–H groups in total. The molecule has 0 spiro atoms. The van der Waals surface area contributed by atoms with Crippen LogP contribution in [0.15, 0.2) is 41.6 Å². The second-order valence-electron chi connectivity index (χ2n) is 10.0. The molecule has 37 heavy (non-hydrogen) atoms. The summed E-state index contributed by atoms with van der Waals surface area (Å²) in [5.74, 6) is 2.45. The Morgan fingerprint density at radius 3 is 2.46 bits per heavy atom. The summed E-state index contributed by atoms with van der Waals surface area (Å²) in [6.45, 7) is 4.67. The number of aryl methyl sites for hydroxylation is 1. The second-order valence-corrected chi connectivity index (χ2v) is 10.0. The molecular weight excluding hydrogens is 470 g/mol. The Morgan fingerprint density at radius 2 is 1.81 bits per heavy atom. The van der Waals surface area contributed by atoms with Gasteiger partial charge < -0.3 is 24.3 Å². The van der Waals surface area contributed by atoms with Crippen LogP contribution < -0.4 is 20.3 Å². The first-order chi connectivity index (χ1) is 17.9. The monoisotopic (exact) mass is 505 g/mol. The van der Waals surface area contributed by atoms with E-state index in [4.69, 9.17) is 9.47 Å². The standard InChI is InChI=1S/C28H35N5O4/c1-29-14-19-11-21(19)28(35)33-9-7-32(8-10-33)17-24-25(36-3)12-18(13-26(24)37-4)23-16-31(2)27(34)22-15-30-6-5-20(22)23/h5-6,12-13,15-16,19,21,29H,7-11,14,17H2,1-4H3. The largest absolute Gasteiger partial charge is 0.496 e. The number of hydrogen-bond acceptors (Lipinski definition) is 7. The number of carbonyl (C=O) groups is 1. The Balaban J connectivity index is 1.36. The molecule has 0 radical (unpaired) electrons. The van der Waals surface area contributed by atoms with Crippen molar-refractivity contribution in [2.75, 3.05) is 54.0 Å². The number of ether oxygens (including phenoxy) is 2. The molecule has 9 nitrogen and oxygen atoms in total. The van der Waals surface area contributed by atoms with Crippen LogP contribution in [0.4, 0.5) is 0 Å². The van der Waals surface area contributed by atoms with Crippen molar-refractivity contribution in [3.05, 3.63) is 52.7 Å². The molecule has 1 saturated heterocycles. The van der Waals surface area contributed by atoms with E-state index in [0.29, 0.717) is 23.8 Å². The molecule has 1 aliphatic heterocycles. The highest BCUT2D eigenvalue weighted by atomic mass is 16.5. The van der Waals surface area contributed by atoms with Gasteiger partial charge in [-0.15, -0.1) is 0 Å². The maximum Gasteiger partial charge on any atom is 0.259 e. The summed E-state index contributed by atoms with van der Waals surface area (Å²) >= 11 is 0. The van der Waals surface area contributed by atoms with E-state index in [1.165, 1.54) is 0 Å². The molecule has 1 amide bonds. The summed E-state index contributed by atoms with van der Waals surface area (Å²) in [5.41, 5.74) is 2.70. The molecule has 2 aliphatic rings. The van der Waals surface area contributed by atoms with Gasteiger partial charge >= 0.3 is 0 Å². The first-order valence-corrected chi connectivity index (χ1v) is 12.8. The zero-order valence-corrected chi connectivity index (χ0v) is 22.0. The highest BCUT2D eigenvalue weighted by Crippen LogP contribution is 2.40. The van der Waals surface area contributed by atoms with Crippen molar-refractivity contribution in [1.29, 1.82) is 0 Å². The average Bonchev–Trinajstić information content (AvgIpc) is 3.70. The Labute approximate surface area is 217 Å². The summed E-state index contributed by atoms with van der Waals surface area (Å²) < 4.78 is 13.2. The fraction of sp³-hybridized carbons (Fsp3) is 0.464. The van der Waals surface area contributed by atoms with Gasteiger partial charge in [-0.3, -0.25) is 19.5 Å². The number of benzene rings is 1. The summed E-state index contributed by atoms with van der Waals surface area (Å²) in [6.07, 6.45) is 6.15. The summed E-state index contributed by atoms with van der Waals surface area (Å²) in [5, 5.41) is 4.59. The number of hydrogen-bond donors (Lipinski definition) is 1. The SMILES string of the molecule is CNCC1CC1C(=O)N1CCN(Cc2c(OC)cc(-c3cn(C)c(=O)c4cnccc34)cc2OC)CC1. The lowest BCUT2D eigenvalue weighted by Gasteiger charge is -2.35. The lowest BCUT2D eigenvalue weighted by molar-refractivity contribution is -0.134. The van der Waals surface area contributed by atoms with Crippen LogP contribution in [-0.4, -0.2) is 79.2 Å². The van der Waals surface area contributed by atoms with E-state index in [-0.39, 0.29) is 11.5 Å². The number of rotatable bonds is 8. The van der Waals surface area contributed by atoms with Crippen LogP contribution in [0.25, 0.3) is 21.9 Å². The van der Waals surface area contributed by atoms with Crippen LogP contribution in [0.5, 0.6) is 11.5 Å². The van der Waals surface area contributed by atoms with E-state index in [2.05, 4.69) is 15.2 Å². The van der Waals surface area contributed by atoms with Gasteiger partial charge in [-0.05, 0) is 55.1 Å². The van der Waals surface area contributed by atoms with E-state index < -0.39 is 0 Å². The molecule has 9 heteroatoms. The molecule has 1 aromatic carbocycles. The lowest BCUT2D eigenvalue weighted by Crippen LogP contribution is -2.49. The van der Waals surface area contributed by atoms with Crippen molar-refractivity contribution < 1.29 is 14.3 Å². The van der Waals surface area contributed by atoms with Crippen molar-refractivity contribution in [1.82, 2.24) is 24.7 Å². The van der Waals surface area contributed by atoms with Crippen LogP contribution in [0.2, 0.25) is 0 Å². The number of methoxy groups -OCH3 is 2. The molecule has 5 rings (SSSR count). The van der Waals surface area contributed by atoms with Crippen LogP contribution in [0, 0.1) is 11.8 Å². The van der Waals surface area contributed by atoms with E-state index >= 15 is 0 Å². The highest BCUT2D eigenvalue weighted by Gasteiger charge is 2.44. The molecule has 1 saturated carbocycles. The number of fused-ring (bicyclic) bond motifs is 1. The van der Waals surface area contributed by atoms with E-state index in [0.717, 1.165) is 72.7 Å². The molecule has 2 atom stereocenters. The van der Waals surface area contributed by atoms with Crippen molar-refractivity contribution in [2.24, 2.45) is 18.9 Å². The smallest absolute Gasteiger partial charge is 0.259 e. The third-order valence-electron chi connectivity index (χ3n) is 7.68. The molecule has 196 valence electrons. The van der Waals surface area contributed by atoms with Crippen LogP contribution in [0.1, 0.15) is 12.0 Å². The minimum absolute atomic E-state index is 0.0840. The quantitative estimate of drug-likeness (QED) is 0.502. The van der Waals surface area contributed by atoms with Gasteiger partial charge in [-0.1, -0.05) is 0 Å². The van der Waals surface area contributed by atoms with Gasteiger partial charge in [0.25, 0.3) is 5.56 Å². The minimum atomic E-state index is -0.0840. The predicted octanol–water partition coefficient (Wildman–Crippen LogP) is 2.12. The average molecular weight is 506 g/mol. The lowest BCUT2D eigenvalue weighted by atomic mass is 9.99.